The van der Waals surface area contributed by atoms with Gasteiger partial charge in [-0.1, -0.05) is 0 Å². The summed E-state index contributed by atoms with van der Waals surface area (Å²) in [6.07, 6.45) is 5.11. The standard InChI is InChI=1S/C11H12FN3/c1-13-7-9-4-10(12)6-11(5-9)15-3-2-14-8-15/h2-6,8,13H,7H2,1H3. The third-order valence-corrected chi connectivity index (χ3v) is 2.13. The predicted octanol–water partition coefficient (Wildman–Crippen LogP) is 1.73. The molecule has 15 heavy (non-hydrogen) atoms. The van der Waals surface area contributed by atoms with Crippen LogP contribution in [-0.2, 0) is 6.54 Å². The smallest absolute Gasteiger partial charge is 0.125 e. The van der Waals surface area contributed by atoms with E-state index in [9.17, 15) is 4.39 Å². The van der Waals surface area contributed by atoms with E-state index in [-0.39, 0.29) is 5.82 Å². The van der Waals surface area contributed by atoms with E-state index in [1.165, 1.54) is 12.1 Å². The van der Waals surface area contributed by atoms with Crippen molar-refractivity contribution >= 4 is 0 Å². The molecule has 0 aliphatic rings. The Morgan fingerprint density at radius 1 is 1.40 bits per heavy atom. The Labute approximate surface area is 87.6 Å². The van der Waals surface area contributed by atoms with E-state index in [0.717, 1.165) is 11.3 Å². The number of halogens is 1. The Morgan fingerprint density at radius 2 is 2.27 bits per heavy atom. The average molecular weight is 205 g/mol. The van der Waals surface area contributed by atoms with Gasteiger partial charge in [-0.25, -0.2) is 9.37 Å². The fraction of sp³-hybridized carbons (Fsp3) is 0.182. The molecule has 2 rings (SSSR count). The fourth-order valence-electron chi connectivity index (χ4n) is 1.50. The van der Waals surface area contributed by atoms with Crippen LogP contribution in [0.1, 0.15) is 5.56 Å². The van der Waals surface area contributed by atoms with Gasteiger partial charge in [-0.2, -0.15) is 0 Å². The lowest BCUT2D eigenvalue weighted by Gasteiger charge is -2.06. The van der Waals surface area contributed by atoms with Gasteiger partial charge < -0.3 is 9.88 Å². The molecule has 0 atom stereocenters. The largest absolute Gasteiger partial charge is 0.316 e. The first kappa shape index (κ1) is 9.86. The van der Waals surface area contributed by atoms with Crippen molar-refractivity contribution in [3.8, 4) is 5.69 Å². The SMILES string of the molecule is CNCc1cc(F)cc(-n2ccnc2)c1. The van der Waals surface area contributed by atoms with E-state index in [2.05, 4.69) is 10.3 Å². The van der Waals surface area contributed by atoms with Gasteiger partial charge >= 0.3 is 0 Å². The second-order valence-corrected chi connectivity index (χ2v) is 3.32. The van der Waals surface area contributed by atoms with Crippen LogP contribution >= 0.6 is 0 Å². The van der Waals surface area contributed by atoms with E-state index in [4.69, 9.17) is 0 Å². The van der Waals surface area contributed by atoms with Gasteiger partial charge in [0.2, 0.25) is 0 Å². The van der Waals surface area contributed by atoms with Crippen LogP contribution in [-0.4, -0.2) is 16.6 Å². The number of nitrogens with zero attached hydrogens (tertiary/aromatic N) is 2. The maximum atomic E-state index is 13.3. The van der Waals surface area contributed by atoms with Gasteiger partial charge in [-0.3, -0.25) is 0 Å². The molecule has 0 radical (unpaired) electrons. The Morgan fingerprint density at radius 3 is 2.93 bits per heavy atom. The molecule has 1 aromatic heterocycles. The summed E-state index contributed by atoms with van der Waals surface area (Å²) in [5, 5.41) is 2.99. The quantitative estimate of drug-likeness (QED) is 0.827. The van der Waals surface area contributed by atoms with Gasteiger partial charge in [0.15, 0.2) is 0 Å². The molecule has 0 aliphatic carbocycles. The third kappa shape index (κ3) is 2.22. The molecule has 1 N–H and O–H groups in total. The van der Waals surface area contributed by atoms with Crippen molar-refractivity contribution in [1.82, 2.24) is 14.9 Å². The summed E-state index contributed by atoms with van der Waals surface area (Å²) in [4.78, 5) is 3.93. The summed E-state index contributed by atoms with van der Waals surface area (Å²) < 4.78 is 15.1. The highest BCUT2D eigenvalue weighted by Crippen LogP contribution is 2.13. The number of nitrogens with one attached hydrogen (secondary N) is 1. The van der Waals surface area contributed by atoms with Gasteiger partial charge in [0.25, 0.3) is 0 Å². The van der Waals surface area contributed by atoms with Gasteiger partial charge in [0.1, 0.15) is 5.82 Å². The number of hydrogen-bond donors (Lipinski definition) is 1. The maximum absolute atomic E-state index is 13.3. The number of hydrogen-bond acceptors (Lipinski definition) is 2. The molecular formula is C11H12FN3. The summed E-state index contributed by atoms with van der Waals surface area (Å²) >= 11 is 0. The van der Waals surface area contributed by atoms with Crippen LogP contribution in [0.2, 0.25) is 0 Å². The van der Waals surface area contributed by atoms with Crippen LogP contribution in [0, 0.1) is 5.82 Å². The zero-order valence-corrected chi connectivity index (χ0v) is 8.44. The van der Waals surface area contributed by atoms with Gasteiger partial charge in [-0.05, 0) is 30.8 Å². The minimum Gasteiger partial charge on any atom is -0.316 e. The monoisotopic (exact) mass is 205 g/mol. The molecule has 0 bridgehead atoms. The van der Waals surface area contributed by atoms with Crippen LogP contribution in [0.5, 0.6) is 0 Å². The number of imidazole rings is 1. The zero-order chi connectivity index (χ0) is 10.7. The molecule has 3 nitrogen and oxygen atoms in total. The summed E-state index contributed by atoms with van der Waals surface area (Å²) in [5.41, 5.74) is 1.71. The Hall–Kier alpha value is -1.68. The molecule has 0 amide bonds. The van der Waals surface area contributed by atoms with Crippen LogP contribution in [0.3, 0.4) is 0 Å². The van der Waals surface area contributed by atoms with E-state index < -0.39 is 0 Å². The molecule has 0 fully saturated rings. The minimum absolute atomic E-state index is 0.230. The fourth-order valence-corrected chi connectivity index (χ4v) is 1.50. The normalized spacial score (nSPS) is 10.5. The minimum atomic E-state index is -0.230. The molecule has 2 aromatic rings. The summed E-state index contributed by atoms with van der Waals surface area (Å²) in [5.74, 6) is -0.230. The summed E-state index contributed by atoms with van der Waals surface area (Å²) in [7, 11) is 1.84. The van der Waals surface area contributed by atoms with Gasteiger partial charge in [0, 0.05) is 24.6 Å². The average Bonchev–Trinajstić information content (AvgIpc) is 2.70. The van der Waals surface area contributed by atoms with Gasteiger partial charge in [0.05, 0.1) is 6.33 Å². The zero-order valence-electron chi connectivity index (χ0n) is 8.44. The maximum Gasteiger partial charge on any atom is 0.125 e. The van der Waals surface area contributed by atoms with Crippen molar-refractivity contribution in [2.24, 2.45) is 0 Å². The predicted molar refractivity (Wildman–Crippen MR) is 56.3 cm³/mol. The molecular weight excluding hydrogens is 193 g/mol. The molecule has 0 aliphatic heterocycles. The van der Waals surface area contributed by atoms with E-state index in [0.29, 0.717) is 6.54 Å². The molecule has 0 saturated carbocycles. The van der Waals surface area contributed by atoms with E-state index >= 15 is 0 Å². The Kier molecular flexibility index (Phi) is 2.78. The second-order valence-electron chi connectivity index (χ2n) is 3.32. The third-order valence-electron chi connectivity index (χ3n) is 2.13. The number of rotatable bonds is 3. The number of benzene rings is 1. The molecule has 0 saturated heterocycles. The van der Waals surface area contributed by atoms with E-state index in [1.54, 1.807) is 23.3 Å². The first-order chi connectivity index (χ1) is 7.29. The van der Waals surface area contributed by atoms with Crippen molar-refractivity contribution in [1.29, 1.82) is 0 Å². The highest BCUT2D eigenvalue weighted by molar-refractivity contribution is 5.36. The second kappa shape index (κ2) is 4.23. The van der Waals surface area contributed by atoms with Crippen LogP contribution in [0.4, 0.5) is 4.39 Å². The van der Waals surface area contributed by atoms with Crippen molar-refractivity contribution in [2.45, 2.75) is 6.54 Å². The Balaban J connectivity index is 2.40. The summed E-state index contributed by atoms with van der Waals surface area (Å²) in [6.45, 7) is 0.652. The van der Waals surface area contributed by atoms with Gasteiger partial charge in [-0.15, -0.1) is 0 Å². The number of aromatic nitrogens is 2. The molecule has 0 unspecified atom stereocenters. The van der Waals surface area contributed by atoms with Crippen molar-refractivity contribution in [3.05, 3.63) is 48.3 Å². The molecule has 1 heterocycles. The van der Waals surface area contributed by atoms with Crippen LogP contribution < -0.4 is 5.32 Å². The topological polar surface area (TPSA) is 29.9 Å². The molecule has 0 spiro atoms. The Bertz CT molecular complexity index is 437. The van der Waals surface area contributed by atoms with Crippen LogP contribution in [0.25, 0.3) is 5.69 Å². The molecule has 4 heteroatoms. The highest BCUT2D eigenvalue weighted by atomic mass is 19.1. The molecule has 78 valence electrons. The lowest BCUT2D eigenvalue weighted by atomic mass is 10.2. The van der Waals surface area contributed by atoms with Crippen molar-refractivity contribution in [3.63, 3.8) is 0 Å². The van der Waals surface area contributed by atoms with Crippen molar-refractivity contribution in [2.75, 3.05) is 7.05 Å². The molecule has 1 aromatic carbocycles. The highest BCUT2D eigenvalue weighted by Gasteiger charge is 2.01. The lowest BCUT2D eigenvalue weighted by molar-refractivity contribution is 0.622. The first-order valence-corrected chi connectivity index (χ1v) is 4.72. The van der Waals surface area contributed by atoms with Crippen LogP contribution in [0.15, 0.2) is 36.9 Å². The van der Waals surface area contributed by atoms with E-state index in [1.807, 2.05) is 13.1 Å². The lowest BCUT2D eigenvalue weighted by Crippen LogP contribution is -2.06. The summed E-state index contributed by atoms with van der Waals surface area (Å²) in [6, 6.07) is 4.94. The van der Waals surface area contributed by atoms with Crippen molar-refractivity contribution < 1.29 is 4.39 Å². The first-order valence-electron chi connectivity index (χ1n) is 4.72.